The van der Waals surface area contributed by atoms with E-state index < -0.39 is 27.8 Å². The first-order chi connectivity index (χ1) is 20.5. The molecule has 0 spiro atoms. The predicted molar refractivity (Wildman–Crippen MR) is 173 cm³/mol. The lowest BCUT2D eigenvalue weighted by molar-refractivity contribution is -0.139. The molecular formula is C33H46N2O6S2. The van der Waals surface area contributed by atoms with Crippen molar-refractivity contribution in [3.05, 3.63) is 59.2 Å². The van der Waals surface area contributed by atoms with E-state index in [0.29, 0.717) is 23.0 Å². The van der Waals surface area contributed by atoms with Gasteiger partial charge in [0.15, 0.2) is 0 Å². The molecule has 0 bridgehead atoms. The molecule has 0 radical (unpaired) electrons. The molecular weight excluding hydrogens is 585 g/mol. The summed E-state index contributed by atoms with van der Waals surface area (Å²) in [7, 11) is -3.38. The minimum absolute atomic E-state index is 0.201. The normalized spacial score (nSPS) is 20.9. The molecule has 4 rings (SSSR count). The fraction of sp³-hybridized carbons (Fsp3) is 0.576. The van der Waals surface area contributed by atoms with Gasteiger partial charge in [-0.3, -0.25) is 9.69 Å². The van der Waals surface area contributed by atoms with Gasteiger partial charge >= 0.3 is 5.97 Å². The first kappa shape index (κ1) is 33.5. The largest absolute Gasteiger partial charge is 0.480 e. The van der Waals surface area contributed by atoms with Crippen molar-refractivity contribution < 1.29 is 27.9 Å². The number of thioether (sulfide) groups is 1. The Hall–Kier alpha value is -2.40. The van der Waals surface area contributed by atoms with Crippen LogP contribution in [0.4, 0.5) is 0 Å². The Labute approximate surface area is 260 Å². The van der Waals surface area contributed by atoms with Crippen LogP contribution in [0.15, 0.2) is 42.5 Å². The molecule has 1 saturated carbocycles. The second-order valence-corrected chi connectivity index (χ2v) is 15.5. The monoisotopic (exact) mass is 630 g/mol. The van der Waals surface area contributed by atoms with Gasteiger partial charge in [-0.2, -0.15) is 11.8 Å². The summed E-state index contributed by atoms with van der Waals surface area (Å²) in [4.78, 5) is 27.9. The summed E-state index contributed by atoms with van der Waals surface area (Å²) in [6.07, 6.45) is 11.9. The number of amides is 1. The first-order valence-electron chi connectivity index (χ1n) is 15.3. The molecule has 3 unspecified atom stereocenters. The maximum Gasteiger partial charge on any atom is 0.326 e. The van der Waals surface area contributed by atoms with Gasteiger partial charge in [-0.25, -0.2) is 13.2 Å². The van der Waals surface area contributed by atoms with Crippen LogP contribution in [-0.4, -0.2) is 85.2 Å². The lowest BCUT2D eigenvalue weighted by Gasteiger charge is -2.27. The fourth-order valence-corrected chi connectivity index (χ4v) is 7.60. The second-order valence-electron chi connectivity index (χ2n) is 12.1. The third kappa shape index (κ3) is 9.80. The number of hydrogen-bond acceptors (Lipinski definition) is 7. The Morgan fingerprint density at radius 1 is 1.09 bits per heavy atom. The van der Waals surface area contributed by atoms with Crippen molar-refractivity contribution in [2.24, 2.45) is 0 Å². The van der Waals surface area contributed by atoms with Crippen molar-refractivity contribution >= 4 is 33.5 Å². The highest BCUT2D eigenvalue weighted by molar-refractivity contribution is 7.99. The van der Waals surface area contributed by atoms with Gasteiger partial charge < -0.3 is 15.2 Å². The van der Waals surface area contributed by atoms with E-state index in [1.165, 1.54) is 25.7 Å². The van der Waals surface area contributed by atoms with Gasteiger partial charge in [0.2, 0.25) is 0 Å². The van der Waals surface area contributed by atoms with E-state index in [-0.39, 0.29) is 12.2 Å². The first-order valence-corrected chi connectivity index (χ1v) is 18.7. The van der Waals surface area contributed by atoms with Gasteiger partial charge in [0.25, 0.3) is 5.91 Å². The molecule has 2 aromatic rings. The maximum atomic E-state index is 13.5. The number of aryl methyl sites for hydroxylation is 1. The van der Waals surface area contributed by atoms with Crippen LogP contribution in [0, 0.1) is 6.92 Å². The third-order valence-corrected chi connectivity index (χ3v) is 10.7. The van der Waals surface area contributed by atoms with E-state index in [1.807, 2.05) is 55.1 Å². The van der Waals surface area contributed by atoms with E-state index in [1.54, 1.807) is 6.07 Å². The summed E-state index contributed by atoms with van der Waals surface area (Å²) >= 11 is 1.90. The molecule has 0 aromatic heterocycles. The van der Waals surface area contributed by atoms with Crippen LogP contribution >= 0.6 is 11.8 Å². The molecule has 1 amide bonds. The second kappa shape index (κ2) is 15.5. The van der Waals surface area contributed by atoms with Crippen LogP contribution in [0.2, 0.25) is 0 Å². The Morgan fingerprint density at radius 3 is 2.47 bits per heavy atom. The number of rotatable bonds is 13. The van der Waals surface area contributed by atoms with E-state index in [9.17, 15) is 23.1 Å². The number of carbonyl (C=O) groups is 2. The van der Waals surface area contributed by atoms with Crippen LogP contribution in [-0.2, 0) is 25.9 Å². The quantitative estimate of drug-likeness (QED) is 0.286. The van der Waals surface area contributed by atoms with Gasteiger partial charge in [0.1, 0.15) is 15.9 Å². The van der Waals surface area contributed by atoms with Crippen LogP contribution in [0.5, 0.6) is 0 Å². The molecule has 1 saturated heterocycles. The number of ether oxygens (including phenoxy) is 1. The Kier molecular flexibility index (Phi) is 12.1. The molecule has 2 fully saturated rings. The molecule has 2 aromatic carbocycles. The molecule has 3 atom stereocenters. The lowest BCUT2D eigenvalue weighted by atomic mass is 9.93. The van der Waals surface area contributed by atoms with Crippen LogP contribution in [0.1, 0.15) is 72.9 Å². The third-order valence-electron chi connectivity index (χ3n) is 8.68. The van der Waals surface area contributed by atoms with Gasteiger partial charge in [-0.1, -0.05) is 56.0 Å². The zero-order valence-electron chi connectivity index (χ0n) is 25.6. The van der Waals surface area contributed by atoms with Crippen LogP contribution < -0.4 is 5.32 Å². The van der Waals surface area contributed by atoms with Crippen molar-refractivity contribution in [3.8, 4) is 11.1 Å². The summed E-state index contributed by atoms with van der Waals surface area (Å²) < 4.78 is 29.8. The Bertz CT molecular complexity index is 1360. The van der Waals surface area contributed by atoms with Gasteiger partial charge in [0, 0.05) is 36.2 Å². The fourth-order valence-electron chi connectivity index (χ4n) is 6.18. The van der Waals surface area contributed by atoms with Gasteiger partial charge in [-0.15, -0.1) is 0 Å². The highest BCUT2D eigenvalue weighted by Crippen LogP contribution is 2.32. The molecule has 2 aliphatic rings. The molecule has 2 N–H and O–H groups in total. The van der Waals surface area contributed by atoms with Crippen molar-refractivity contribution in [2.75, 3.05) is 31.4 Å². The predicted octanol–water partition coefficient (Wildman–Crippen LogP) is 5.33. The Morgan fingerprint density at radius 2 is 1.81 bits per heavy atom. The zero-order chi connectivity index (χ0) is 31.0. The van der Waals surface area contributed by atoms with Gasteiger partial charge in [0.05, 0.1) is 18.5 Å². The smallest absolute Gasteiger partial charge is 0.326 e. The van der Waals surface area contributed by atoms with Gasteiger partial charge in [-0.05, 0) is 73.2 Å². The molecule has 1 aliphatic carbocycles. The number of nitrogens with one attached hydrogen (secondary N) is 1. The van der Waals surface area contributed by atoms with Crippen molar-refractivity contribution in [1.29, 1.82) is 0 Å². The molecule has 1 aliphatic heterocycles. The molecule has 1 heterocycles. The van der Waals surface area contributed by atoms with E-state index >= 15 is 0 Å². The lowest BCUT2D eigenvalue weighted by Crippen LogP contribution is -2.42. The minimum Gasteiger partial charge on any atom is -0.480 e. The summed E-state index contributed by atoms with van der Waals surface area (Å²) in [6, 6.07) is 12.6. The zero-order valence-corrected chi connectivity index (χ0v) is 27.2. The average Bonchev–Trinajstić information content (AvgIpc) is 3.16. The molecule has 43 heavy (non-hydrogen) atoms. The number of carboxylic acids is 1. The van der Waals surface area contributed by atoms with Crippen LogP contribution in [0.25, 0.3) is 11.1 Å². The molecule has 10 heteroatoms. The van der Waals surface area contributed by atoms with Crippen molar-refractivity contribution in [2.45, 2.75) is 88.3 Å². The maximum absolute atomic E-state index is 13.5. The average molecular weight is 631 g/mol. The summed E-state index contributed by atoms with van der Waals surface area (Å²) in [6.45, 7) is 4.42. The number of sulfone groups is 1. The molecule has 8 nitrogen and oxygen atoms in total. The SMILES string of the molecule is CSC1CC(COC2CCCCCC2)N(Cc2ccc(C(=O)NC(CCS(C)(=O)=O)C(=O)O)c(-c3ccccc3C)c2)C1. The number of nitrogens with zero attached hydrogens (tertiary/aromatic N) is 1. The standard InChI is InChI=1S/C33H46N2O6S2/c1-23-10-8-9-13-28(23)30-18-24(14-15-29(30)32(36)34-31(33(37)38)16-17-43(3,39)40)20-35-21-27(42-2)19-25(35)22-41-26-11-6-4-5-7-12-26/h8-10,13-15,18,25-27,31H,4-7,11-12,16-17,19-22H2,1-3H3,(H,34,36)(H,37,38). The van der Waals surface area contributed by atoms with E-state index in [2.05, 4.69) is 16.5 Å². The highest BCUT2D eigenvalue weighted by atomic mass is 32.2. The molecule has 236 valence electrons. The number of carboxylic acid groups (broad SMARTS) is 1. The number of hydrogen-bond donors (Lipinski definition) is 2. The minimum atomic E-state index is -3.38. The Balaban J connectivity index is 1.56. The number of likely N-dealkylation sites (tertiary alicyclic amines) is 1. The van der Waals surface area contributed by atoms with Crippen molar-refractivity contribution in [1.82, 2.24) is 10.2 Å². The number of aliphatic carboxylic acids is 1. The van der Waals surface area contributed by atoms with Crippen molar-refractivity contribution in [3.63, 3.8) is 0 Å². The van der Waals surface area contributed by atoms with E-state index in [4.69, 9.17) is 4.74 Å². The van der Waals surface area contributed by atoms with E-state index in [0.717, 1.165) is 67.5 Å². The number of carbonyl (C=O) groups excluding carboxylic acids is 1. The summed E-state index contributed by atoms with van der Waals surface area (Å²) in [5.74, 6) is -2.13. The summed E-state index contributed by atoms with van der Waals surface area (Å²) in [5, 5.41) is 12.8. The number of benzene rings is 2. The highest BCUT2D eigenvalue weighted by Gasteiger charge is 2.33. The topological polar surface area (TPSA) is 113 Å². The summed E-state index contributed by atoms with van der Waals surface area (Å²) in [5.41, 5.74) is 4.06. The van der Waals surface area contributed by atoms with Crippen LogP contribution in [0.3, 0.4) is 0 Å².